The molecule has 0 amide bonds. The predicted molar refractivity (Wildman–Crippen MR) is 62.8 cm³/mol. The van der Waals surface area contributed by atoms with Crippen molar-refractivity contribution in [1.82, 2.24) is 4.90 Å². The molecule has 1 aliphatic carbocycles. The Hall–Kier alpha value is -0.0800. The van der Waals surface area contributed by atoms with Gasteiger partial charge in [0.2, 0.25) is 0 Å². The fraction of sp³-hybridized carbons (Fsp3) is 1.00. The zero-order valence-corrected chi connectivity index (χ0v) is 9.99. The van der Waals surface area contributed by atoms with Crippen LogP contribution in [0.4, 0.5) is 0 Å². The molecule has 0 bridgehead atoms. The van der Waals surface area contributed by atoms with E-state index in [0.29, 0.717) is 5.92 Å². The van der Waals surface area contributed by atoms with Gasteiger partial charge in [0.25, 0.3) is 0 Å². The molecular weight excluding hydrogens is 186 g/mol. The molecule has 2 aliphatic rings. The van der Waals surface area contributed by atoms with Crippen molar-refractivity contribution < 1.29 is 5.11 Å². The minimum Gasteiger partial charge on any atom is -0.393 e. The van der Waals surface area contributed by atoms with Crippen LogP contribution in [-0.4, -0.2) is 35.7 Å². The summed E-state index contributed by atoms with van der Waals surface area (Å²) in [6, 6.07) is 0. The standard InChI is InChI=1S/C13H25NO/c1-11(15)13-7-8-14(10-13)9-12-5-3-2-4-6-12/h11-13,15H,2-10H2,1H3. The van der Waals surface area contributed by atoms with Crippen LogP contribution in [-0.2, 0) is 0 Å². The van der Waals surface area contributed by atoms with E-state index in [1.165, 1.54) is 51.6 Å². The number of hydrogen-bond donors (Lipinski definition) is 1. The maximum Gasteiger partial charge on any atom is 0.0552 e. The first kappa shape index (κ1) is 11.4. The SMILES string of the molecule is CC(O)C1CCN(CC2CCCCC2)C1. The third-order valence-electron chi connectivity index (χ3n) is 4.23. The van der Waals surface area contributed by atoms with Crippen LogP contribution in [0.15, 0.2) is 0 Å². The molecule has 0 radical (unpaired) electrons. The maximum atomic E-state index is 9.55. The number of nitrogens with zero attached hydrogens (tertiary/aromatic N) is 1. The van der Waals surface area contributed by atoms with Gasteiger partial charge in [-0.3, -0.25) is 0 Å². The fourth-order valence-corrected chi connectivity index (χ4v) is 3.16. The van der Waals surface area contributed by atoms with Gasteiger partial charge in [0.15, 0.2) is 0 Å². The summed E-state index contributed by atoms with van der Waals surface area (Å²) in [6.07, 6.45) is 8.31. The normalized spacial score (nSPS) is 32.0. The quantitative estimate of drug-likeness (QED) is 0.774. The molecule has 0 aromatic rings. The second-order valence-corrected chi connectivity index (χ2v) is 5.55. The lowest BCUT2D eigenvalue weighted by atomic mass is 9.89. The van der Waals surface area contributed by atoms with Crippen LogP contribution in [0.2, 0.25) is 0 Å². The summed E-state index contributed by atoms with van der Waals surface area (Å²) in [4.78, 5) is 2.58. The van der Waals surface area contributed by atoms with Gasteiger partial charge in [0.05, 0.1) is 6.10 Å². The minimum atomic E-state index is -0.110. The molecule has 2 atom stereocenters. The number of aliphatic hydroxyl groups excluding tert-OH is 1. The van der Waals surface area contributed by atoms with Crippen LogP contribution in [0.1, 0.15) is 45.4 Å². The molecule has 1 saturated carbocycles. The summed E-state index contributed by atoms with van der Waals surface area (Å²) in [6.45, 7) is 5.58. The van der Waals surface area contributed by atoms with Gasteiger partial charge in [-0.1, -0.05) is 19.3 Å². The van der Waals surface area contributed by atoms with Crippen molar-refractivity contribution in [3.05, 3.63) is 0 Å². The minimum absolute atomic E-state index is 0.110. The van der Waals surface area contributed by atoms with E-state index in [9.17, 15) is 5.11 Å². The van der Waals surface area contributed by atoms with Crippen LogP contribution in [0.25, 0.3) is 0 Å². The average Bonchev–Trinajstić information content (AvgIpc) is 2.68. The van der Waals surface area contributed by atoms with E-state index in [4.69, 9.17) is 0 Å². The summed E-state index contributed by atoms with van der Waals surface area (Å²) < 4.78 is 0. The third-order valence-corrected chi connectivity index (χ3v) is 4.23. The highest BCUT2D eigenvalue weighted by molar-refractivity contribution is 4.81. The summed E-state index contributed by atoms with van der Waals surface area (Å²) in [5.41, 5.74) is 0. The molecule has 1 N–H and O–H groups in total. The van der Waals surface area contributed by atoms with Gasteiger partial charge in [-0.2, -0.15) is 0 Å². The van der Waals surface area contributed by atoms with Crippen molar-refractivity contribution in [2.45, 2.75) is 51.6 Å². The molecule has 2 unspecified atom stereocenters. The predicted octanol–water partition coefficient (Wildman–Crippen LogP) is 2.27. The summed E-state index contributed by atoms with van der Waals surface area (Å²) in [5, 5.41) is 9.55. The smallest absolute Gasteiger partial charge is 0.0552 e. The van der Waals surface area contributed by atoms with Crippen molar-refractivity contribution >= 4 is 0 Å². The Labute approximate surface area is 93.7 Å². The van der Waals surface area contributed by atoms with E-state index in [-0.39, 0.29) is 6.10 Å². The Bertz CT molecular complexity index is 187. The Kier molecular flexibility index (Phi) is 4.04. The molecular formula is C13H25NO. The van der Waals surface area contributed by atoms with E-state index in [2.05, 4.69) is 4.90 Å². The highest BCUT2D eigenvalue weighted by Gasteiger charge is 2.27. The Morgan fingerprint density at radius 1 is 1.20 bits per heavy atom. The molecule has 2 fully saturated rings. The summed E-state index contributed by atoms with van der Waals surface area (Å²) in [7, 11) is 0. The molecule has 0 aromatic carbocycles. The van der Waals surface area contributed by atoms with E-state index in [0.717, 1.165) is 12.5 Å². The lowest BCUT2D eigenvalue weighted by molar-refractivity contribution is 0.124. The third kappa shape index (κ3) is 3.18. The van der Waals surface area contributed by atoms with Crippen molar-refractivity contribution in [3.63, 3.8) is 0 Å². The monoisotopic (exact) mass is 211 g/mol. The van der Waals surface area contributed by atoms with Crippen molar-refractivity contribution in [2.24, 2.45) is 11.8 Å². The van der Waals surface area contributed by atoms with Crippen LogP contribution in [0.5, 0.6) is 0 Å². The average molecular weight is 211 g/mol. The lowest BCUT2D eigenvalue weighted by Gasteiger charge is -2.27. The van der Waals surface area contributed by atoms with Gasteiger partial charge in [-0.25, -0.2) is 0 Å². The molecule has 0 spiro atoms. The second-order valence-electron chi connectivity index (χ2n) is 5.55. The summed E-state index contributed by atoms with van der Waals surface area (Å²) >= 11 is 0. The van der Waals surface area contributed by atoms with Gasteiger partial charge in [0.1, 0.15) is 0 Å². The molecule has 2 nitrogen and oxygen atoms in total. The lowest BCUT2D eigenvalue weighted by Crippen LogP contribution is -2.30. The second kappa shape index (κ2) is 5.31. The van der Waals surface area contributed by atoms with Crippen molar-refractivity contribution in [3.8, 4) is 0 Å². The first-order chi connectivity index (χ1) is 7.25. The van der Waals surface area contributed by atoms with Crippen molar-refractivity contribution in [2.75, 3.05) is 19.6 Å². The summed E-state index contributed by atoms with van der Waals surface area (Å²) in [5.74, 6) is 1.49. The first-order valence-corrected chi connectivity index (χ1v) is 6.66. The molecule has 2 heteroatoms. The Morgan fingerprint density at radius 3 is 2.53 bits per heavy atom. The Morgan fingerprint density at radius 2 is 1.93 bits per heavy atom. The number of hydrogen-bond acceptors (Lipinski definition) is 2. The van der Waals surface area contributed by atoms with Gasteiger partial charge < -0.3 is 10.0 Å². The number of aliphatic hydroxyl groups is 1. The molecule has 1 saturated heterocycles. The van der Waals surface area contributed by atoms with E-state index in [1.54, 1.807) is 0 Å². The van der Waals surface area contributed by atoms with Gasteiger partial charge in [-0.15, -0.1) is 0 Å². The highest BCUT2D eigenvalue weighted by atomic mass is 16.3. The van der Waals surface area contributed by atoms with Crippen LogP contribution < -0.4 is 0 Å². The van der Waals surface area contributed by atoms with Gasteiger partial charge in [-0.05, 0) is 44.6 Å². The molecule has 15 heavy (non-hydrogen) atoms. The van der Waals surface area contributed by atoms with E-state index >= 15 is 0 Å². The Balaban J connectivity index is 1.71. The first-order valence-electron chi connectivity index (χ1n) is 6.66. The van der Waals surface area contributed by atoms with Gasteiger partial charge in [0, 0.05) is 13.1 Å². The molecule has 2 rings (SSSR count). The molecule has 88 valence electrons. The maximum absolute atomic E-state index is 9.55. The van der Waals surface area contributed by atoms with Crippen LogP contribution >= 0.6 is 0 Å². The van der Waals surface area contributed by atoms with E-state index in [1.807, 2.05) is 6.92 Å². The van der Waals surface area contributed by atoms with Crippen molar-refractivity contribution in [1.29, 1.82) is 0 Å². The van der Waals surface area contributed by atoms with Gasteiger partial charge >= 0.3 is 0 Å². The number of likely N-dealkylation sites (tertiary alicyclic amines) is 1. The zero-order chi connectivity index (χ0) is 10.7. The largest absolute Gasteiger partial charge is 0.393 e. The molecule has 0 aromatic heterocycles. The number of rotatable bonds is 3. The topological polar surface area (TPSA) is 23.5 Å². The molecule has 1 heterocycles. The fourth-order valence-electron chi connectivity index (χ4n) is 3.16. The molecule has 1 aliphatic heterocycles. The van der Waals surface area contributed by atoms with Crippen LogP contribution in [0, 0.1) is 11.8 Å². The van der Waals surface area contributed by atoms with E-state index < -0.39 is 0 Å². The zero-order valence-electron chi connectivity index (χ0n) is 9.99. The van der Waals surface area contributed by atoms with Crippen LogP contribution in [0.3, 0.4) is 0 Å². The highest BCUT2D eigenvalue weighted by Crippen LogP contribution is 2.27.